The van der Waals surface area contributed by atoms with E-state index in [1.165, 1.54) is 0 Å². The number of benzene rings is 1. The first-order valence-corrected chi connectivity index (χ1v) is 7.24. The van der Waals surface area contributed by atoms with E-state index in [2.05, 4.69) is 19.2 Å². The second kappa shape index (κ2) is 7.05. The van der Waals surface area contributed by atoms with Crippen LogP contribution in [0.1, 0.15) is 20.3 Å². The number of halogens is 1. The monoisotopic (exact) mass is 259 g/mol. The molecule has 0 saturated carbocycles. The molecule has 0 fully saturated rings. The van der Waals surface area contributed by atoms with Crippen LogP contribution in [-0.4, -0.2) is 22.5 Å². The van der Waals surface area contributed by atoms with E-state index in [-0.39, 0.29) is 0 Å². The van der Waals surface area contributed by atoms with Crippen LogP contribution in [0.15, 0.2) is 29.2 Å². The van der Waals surface area contributed by atoms with Gasteiger partial charge >= 0.3 is 0 Å². The Kier molecular flexibility index (Phi) is 6.03. The van der Waals surface area contributed by atoms with Crippen molar-refractivity contribution in [1.29, 1.82) is 0 Å². The molecule has 1 N–H and O–H groups in total. The summed E-state index contributed by atoms with van der Waals surface area (Å²) in [5, 5.41) is 4.01. The lowest BCUT2D eigenvalue weighted by molar-refractivity contribution is 0.553. The van der Waals surface area contributed by atoms with Gasteiger partial charge in [-0.05, 0) is 37.2 Å². The molecule has 0 bridgehead atoms. The molecule has 1 aromatic carbocycles. The van der Waals surface area contributed by atoms with Gasteiger partial charge in [-0.15, -0.1) is 0 Å². The summed E-state index contributed by atoms with van der Waals surface area (Å²) in [6.45, 7) is 5.08. The first kappa shape index (κ1) is 13.7. The van der Waals surface area contributed by atoms with E-state index >= 15 is 0 Å². The summed E-state index contributed by atoms with van der Waals surface area (Å²) in [6.07, 6.45) is 0.993. The Hall–Kier alpha value is -0.380. The second-order valence-corrected chi connectivity index (χ2v) is 5.56. The summed E-state index contributed by atoms with van der Waals surface area (Å²) in [4.78, 5) is 0.848. The van der Waals surface area contributed by atoms with E-state index in [0.717, 1.165) is 17.9 Å². The molecule has 2 unspecified atom stereocenters. The molecule has 0 amide bonds. The van der Waals surface area contributed by atoms with Crippen molar-refractivity contribution in [2.24, 2.45) is 0 Å². The highest BCUT2D eigenvalue weighted by molar-refractivity contribution is 7.85. The van der Waals surface area contributed by atoms with Crippen LogP contribution < -0.4 is 5.32 Å². The molecule has 4 heteroatoms. The van der Waals surface area contributed by atoms with Gasteiger partial charge in [0.1, 0.15) is 0 Å². The maximum Gasteiger partial charge on any atom is 0.0545 e. The maximum atomic E-state index is 12.0. The quantitative estimate of drug-likeness (QED) is 0.851. The van der Waals surface area contributed by atoms with Crippen LogP contribution in [0.25, 0.3) is 0 Å². The predicted octanol–water partition coefficient (Wildman–Crippen LogP) is 2.84. The van der Waals surface area contributed by atoms with Crippen molar-refractivity contribution in [3.05, 3.63) is 29.3 Å². The molecular formula is C12H18ClNOS. The van der Waals surface area contributed by atoms with Gasteiger partial charge in [0.2, 0.25) is 0 Å². The van der Waals surface area contributed by atoms with Crippen LogP contribution in [-0.2, 0) is 10.8 Å². The van der Waals surface area contributed by atoms with Crippen molar-refractivity contribution in [2.45, 2.75) is 31.2 Å². The van der Waals surface area contributed by atoms with Crippen molar-refractivity contribution in [3.63, 3.8) is 0 Å². The molecule has 0 aliphatic rings. The highest BCUT2D eigenvalue weighted by Crippen LogP contribution is 2.13. The molecule has 0 saturated heterocycles. The second-order valence-electron chi connectivity index (χ2n) is 3.63. The van der Waals surface area contributed by atoms with Gasteiger partial charge in [-0.1, -0.05) is 25.4 Å². The van der Waals surface area contributed by atoms with Gasteiger partial charge in [0, 0.05) is 21.7 Å². The Morgan fingerprint density at radius 3 is 2.44 bits per heavy atom. The zero-order valence-electron chi connectivity index (χ0n) is 9.70. The zero-order chi connectivity index (χ0) is 12.0. The van der Waals surface area contributed by atoms with Gasteiger partial charge in [0.15, 0.2) is 0 Å². The molecule has 1 aromatic rings. The smallest absolute Gasteiger partial charge is 0.0545 e. The first-order valence-electron chi connectivity index (χ1n) is 5.54. The fourth-order valence-electron chi connectivity index (χ4n) is 1.48. The minimum Gasteiger partial charge on any atom is -0.313 e. The highest BCUT2D eigenvalue weighted by Gasteiger charge is 2.11. The van der Waals surface area contributed by atoms with Gasteiger partial charge < -0.3 is 5.32 Å². The Balaban J connectivity index is 2.60. The van der Waals surface area contributed by atoms with E-state index in [1.807, 2.05) is 12.1 Å². The van der Waals surface area contributed by atoms with Crippen LogP contribution in [0.3, 0.4) is 0 Å². The third kappa shape index (κ3) is 4.24. The Labute approximate surface area is 105 Å². The average Bonchev–Trinajstić information content (AvgIpc) is 2.29. The molecule has 0 spiro atoms. The van der Waals surface area contributed by atoms with E-state index in [9.17, 15) is 4.21 Å². The normalized spacial score (nSPS) is 14.7. The first-order chi connectivity index (χ1) is 7.67. The Morgan fingerprint density at radius 1 is 1.31 bits per heavy atom. The molecule has 0 heterocycles. The molecule has 2 nitrogen and oxygen atoms in total. The molecule has 0 aromatic heterocycles. The zero-order valence-corrected chi connectivity index (χ0v) is 11.3. The summed E-state index contributed by atoms with van der Waals surface area (Å²) >= 11 is 5.79. The molecule has 1 rings (SSSR count). The lowest BCUT2D eigenvalue weighted by atomic mass is 10.2. The Morgan fingerprint density at radius 2 is 1.94 bits per heavy atom. The van der Waals surface area contributed by atoms with E-state index in [1.54, 1.807) is 12.1 Å². The molecular weight excluding hydrogens is 242 g/mol. The van der Waals surface area contributed by atoms with Gasteiger partial charge in [-0.25, -0.2) is 0 Å². The third-order valence-corrected chi connectivity index (χ3v) is 4.17. The van der Waals surface area contributed by atoms with Crippen LogP contribution in [0.2, 0.25) is 5.02 Å². The lowest BCUT2D eigenvalue weighted by Crippen LogP contribution is -2.33. The maximum absolute atomic E-state index is 12.0. The summed E-state index contributed by atoms with van der Waals surface area (Å²) in [6, 6.07) is 7.54. The molecule has 16 heavy (non-hydrogen) atoms. The standard InChI is InChI=1S/C12H18ClNOS/c1-3-11(14-4-2)9-16(15)12-7-5-10(13)6-8-12/h5-8,11,14H,3-4,9H2,1-2H3. The van der Waals surface area contributed by atoms with Crippen LogP contribution >= 0.6 is 11.6 Å². The number of nitrogens with one attached hydrogen (secondary N) is 1. The minimum absolute atomic E-state index is 0.321. The van der Waals surface area contributed by atoms with Crippen molar-refractivity contribution in [2.75, 3.05) is 12.3 Å². The van der Waals surface area contributed by atoms with Gasteiger partial charge in [-0.2, -0.15) is 0 Å². The van der Waals surface area contributed by atoms with Gasteiger partial charge in [0.05, 0.1) is 10.8 Å². The number of rotatable bonds is 6. The summed E-state index contributed by atoms with van der Waals surface area (Å²) in [5.74, 6) is 0.659. The molecule has 0 aliphatic heterocycles. The van der Waals surface area contributed by atoms with E-state index in [4.69, 9.17) is 11.6 Å². The summed E-state index contributed by atoms with van der Waals surface area (Å²) in [5.41, 5.74) is 0. The average molecular weight is 260 g/mol. The van der Waals surface area contributed by atoms with Crippen molar-refractivity contribution in [1.82, 2.24) is 5.32 Å². The van der Waals surface area contributed by atoms with Crippen molar-refractivity contribution >= 4 is 22.4 Å². The van der Waals surface area contributed by atoms with Crippen molar-refractivity contribution in [3.8, 4) is 0 Å². The predicted molar refractivity (Wildman–Crippen MR) is 70.5 cm³/mol. The third-order valence-electron chi connectivity index (χ3n) is 2.41. The van der Waals surface area contributed by atoms with Crippen LogP contribution in [0.5, 0.6) is 0 Å². The highest BCUT2D eigenvalue weighted by atomic mass is 35.5. The van der Waals surface area contributed by atoms with Gasteiger partial charge in [0.25, 0.3) is 0 Å². The van der Waals surface area contributed by atoms with Crippen molar-refractivity contribution < 1.29 is 4.21 Å². The fourth-order valence-corrected chi connectivity index (χ4v) is 2.95. The largest absolute Gasteiger partial charge is 0.313 e. The lowest BCUT2D eigenvalue weighted by Gasteiger charge is -2.15. The number of hydrogen-bond donors (Lipinski definition) is 1. The van der Waals surface area contributed by atoms with E-state index in [0.29, 0.717) is 16.8 Å². The SMILES string of the molecule is CCNC(CC)CS(=O)c1ccc(Cl)cc1. The molecule has 2 atom stereocenters. The fraction of sp³-hybridized carbons (Fsp3) is 0.500. The molecule has 0 radical (unpaired) electrons. The van der Waals surface area contributed by atoms with Crippen LogP contribution in [0, 0.1) is 0 Å². The molecule has 0 aliphatic carbocycles. The topological polar surface area (TPSA) is 29.1 Å². The van der Waals surface area contributed by atoms with Crippen LogP contribution in [0.4, 0.5) is 0 Å². The molecule has 90 valence electrons. The number of hydrogen-bond acceptors (Lipinski definition) is 2. The minimum atomic E-state index is -0.944. The summed E-state index contributed by atoms with van der Waals surface area (Å²) < 4.78 is 12.0. The summed E-state index contributed by atoms with van der Waals surface area (Å²) in [7, 11) is -0.944. The van der Waals surface area contributed by atoms with E-state index < -0.39 is 10.8 Å². The van der Waals surface area contributed by atoms with Gasteiger partial charge in [-0.3, -0.25) is 4.21 Å². The Bertz CT molecular complexity index is 339.